The van der Waals surface area contributed by atoms with Gasteiger partial charge in [0.25, 0.3) is 0 Å². The minimum Gasteiger partial charge on any atom is -0.396 e. The lowest BCUT2D eigenvalue weighted by Crippen LogP contribution is -2.26. The third kappa shape index (κ3) is 3.98. The first kappa shape index (κ1) is 12.6. The van der Waals surface area contributed by atoms with Gasteiger partial charge in [0.1, 0.15) is 5.82 Å². The molecule has 3 nitrogen and oxygen atoms in total. The van der Waals surface area contributed by atoms with Crippen LogP contribution in [0.3, 0.4) is 0 Å². The van der Waals surface area contributed by atoms with E-state index in [2.05, 4.69) is 5.32 Å². The predicted octanol–water partition coefficient (Wildman–Crippen LogP) is 1.78. The van der Waals surface area contributed by atoms with Gasteiger partial charge in [0.2, 0.25) is 5.91 Å². The maximum atomic E-state index is 12.7. The van der Waals surface area contributed by atoms with E-state index in [0.717, 1.165) is 5.56 Å². The van der Waals surface area contributed by atoms with E-state index in [9.17, 15) is 9.18 Å². The molecule has 0 aliphatic carbocycles. The Hall–Kier alpha value is -1.42. The number of amides is 1. The van der Waals surface area contributed by atoms with Gasteiger partial charge in [-0.15, -0.1) is 0 Å². The van der Waals surface area contributed by atoms with Gasteiger partial charge in [0.05, 0.1) is 6.04 Å². The van der Waals surface area contributed by atoms with Crippen LogP contribution in [0.15, 0.2) is 24.3 Å². The maximum absolute atomic E-state index is 12.7. The molecule has 1 atom stereocenters. The van der Waals surface area contributed by atoms with Crippen molar-refractivity contribution in [1.29, 1.82) is 0 Å². The van der Waals surface area contributed by atoms with E-state index in [-0.39, 0.29) is 24.4 Å². The smallest absolute Gasteiger partial charge is 0.220 e. The fourth-order valence-electron chi connectivity index (χ4n) is 1.39. The second kappa shape index (κ2) is 6.23. The number of hydrogen-bond donors (Lipinski definition) is 2. The number of carbonyl (C=O) groups excluding carboxylic acids is 1. The number of aliphatic hydroxyl groups is 1. The quantitative estimate of drug-likeness (QED) is 0.802. The summed E-state index contributed by atoms with van der Waals surface area (Å²) in [5.41, 5.74) is 0.860. The zero-order valence-corrected chi connectivity index (χ0v) is 9.24. The number of rotatable bonds is 5. The van der Waals surface area contributed by atoms with Crippen molar-refractivity contribution in [2.75, 3.05) is 6.61 Å². The molecule has 0 aliphatic rings. The van der Waals surface area contributed by atoms with Crippen molar-refractivity contribution in [3.8, 4) is 0 Å². The molecule has 1 rings (SSSR count). The van der Waals surface area contributed by atoms with Crippen molar-refractivity contribution >= 4 is 5.91 Å². The van der Waals surface area contributed by atoms with Gasteiger partial charge in [-0.2, -0.15) is 0 Å². The van der Waals surface area contributed by atoms with Crippen LogP contribution in [-0.2, 0) is 4.79 Å². The molecule has 1 amide bonds. The number of carbonyl (C=O) groups is 1. The highest BCUT2D eigenvalue weighted by Gasteiger charge is 2.08. The molecule has 0 aromatic heterocycles. The molecule has 0 aliphatic heterocycles. The Morgan fingerprint density at radius 3 is 2.62 bits per heavy atom. The molecular formula is C12H16FNO2. The first-order valence-electron chi connectivity index (χ1n) is 5.29. The van der Waals surface area contributed by atoms with Crippen molar-refractivity contribution < 1.29 is 14.3 Å². The van der Waals surface area contributed by atoms with Crippen LogP contribution in [0, 0.1) is 5.82 Å². The molecule has 0 heterocycles. The normalized spacial score (nSPS) is 12.2. The highest BCUT2D eigenvalue weighted by Crippen LogP contribution is 2.12. The monoisotopic (exact) mass is 225 g/mol. The van der Waals surface area contributed by atoms with Gasteiger partial charge in [0.15, 0.2) is 0 Å². The number of nitrogens with one attached hydrogen (secondary N) is 1. The van der Waals surface area contributed by atoms with Gasteiger partial charge in [0, 0.05) is 13.0 Å². The van der Waals surface area contributed by atoms with E-state index in [4.69, 9.17) is 5.11 Å². The molecule has 4 heteroatoms. The lowest BCUT2D eigenvalue weighted by atomic mass is 10.1. The Morgan fingerprint density at radius 1 is 1.44 bits per heavy atom. The summed E-state index contributed by atoms with van der Waals surface area (Å²) in [5, 5.41) is 11.4. The van der Waals surface area contributed by atoms with Crippen LogP contribution in [0.1, 0.15) is 31.4 Å². The fourth-order valence-corrected chi connectivity index (χ4v) is 1.39. The summed E-state index contributed by atoms with van der Waals surface area (Å²) >= 11 is 0. The summed E-state index contributed by atoms with van der Waals surface area (Å²) in [7, 11) is 0. The Balaban J connectivity index is 2.48. The van der Waals surface area contributed by atoms with Crippen LogP contribution < -0.4 is 5.32 Å². The van der Waals surface area contributed by atoms with E-state index in [1.165, 1.54) is 12.1 Å². The van der Waals surface area contributed by atoms with Gasteiger partial charge in [-0.25, -0.2) is 4.39 Å². The molecule has 16 heavy (non-hydrogen) atoms. The van der Waals surface area contributed by atoms with Gasteiger partial charge in [-0.3, -0.25) is 4.79 Å². The van der Waals surface area contributed by atoms with Crippen LogP contribution in [-0.4, -0.2) is 17.6 Å². The van der Waals surface area contributed by atoms with Crippen molar-refractivity contribution in [3.05, 3.63) is 35.6 Å². The van der Waals surface area contributed by atoms with E-state index >= 15 is 0 Å². The lowest BCUT2D eigenvalue weighted by Gasteiger charge is -2.14. The van der Waals surface area contributed by atoms with Crippen LogP contribution in [0.5, 0.6) is 0 Å². The van der Waals surface area contributed by atoms with E-state index in [1.807, 2.05) is 6.92 Å². The Labute approximate surface area is 94.3 Å². The summed E-state index contributed by atoms with van der Waals surface area (Å²) in [5.74, 6) is -0.395. The summed E-state index contributed by atoms with van der Waals surface area (Å²) in [6.45, 7) is 1.85. The summed E-state index contributed by atoms with van der Waals surface area (Å²) in [4.78, 5) is 11.4. The van der Waals surface area contributed by atoms with Crippen molar-refractivity contribution in [1.82, 2.24) is 5.32 Å². The Morgan fingerprint density at radius 2 is 2.06 bits per heavy atom. The van der Waals surface area contributed by atoms with E-state index in [1.54, 1.807) is 12.1 Å². The Bertz CT molecular complexity index is 337. The van der Waals surface area contributed by atoms with Gasteiger partial charge < -0.3 is 10.4 Å². The number of benzene rings is 1. The van der Waals surface area contributed by atoms with Crippen LogP contribution >= 0.6 is 0 Å². The van der Waals surface area contributed by atoms with Crippen LogP contribution in [0.2, 0.25) is 0 Å². The van der Waals surface area contributed by atoms with Crippen molar-refractivity contribution in [3.63, 3.8) is 0 Å². The average molecular weight is 225 g/mol. The molecule has 0 saturated heterocycles. The second-order valence-electron chi connectivity index (χ2n) is 3.67. The third-order valence-corrected chi connectivity index (χ3v) is 2.31. The van der Waals surface area contributed by atoms with E-state index < -0.39 is 0 Å². The lowest BCUT2D eigenvalue weighted by molar-refractivity contribution is -0.122. The number of hydrogen-bond acceptors (Lipinski definition) is 2. The summed E-state index contributed by atoms with van der Waals surface area (Å²) in [6, 6.07) is 5.88. The molecule has 0 spiro atoms. The molecular weight excluding hydrogens is 209 g/mol. The molecule has 0 saturated carbocycles. The second-order valence-corrected chi connectivity index (χ2v) is 3.67. The number of aliphatic hydroxyl groups excluding tert-OH is 1. The summed E-state index contributed by atoms with van der Waals surface area (Å²) in [6.07, 6.45) is 0.768. The zero-order valence-electron chi connectivity index (χ0n) is 9.24. The molecule has 1 aromatic rings. The van der Waals surface area contributed by atoms with Crippen LogP contribution in [0.25, 0.3) is 0 Å². The molecule has 88 valence electrons. The Kier molecular flexibility index (Phi) is 4.92. The van der Waals surface area contributed by atoms with E-state index in [0.29, 0.717) is 12.8 Å². The topological polar surface area (TPSA) is 49.3 Å². The molecule has 0 radical (unpaired) electrons. The highest BCUT2D eigenvalue weighted by molar-refractivity contribution is 5.76. The minimum atomic E-state index is -0.289. The summed E-state index contributed by atoms with van der Waals surface area (Å²) < 4.78 is 12.7. The third-order valence-electron chi connectivity index (χ3n) is 2.31. The van der Waals surface area contributed by atoms with Gasteiger partial charge in [-0.1, -0.05) is 12.1 Å². The largest absolute Gasteiger partial charge is 0.396 e. The average Bonchev–Trinajstić information content (AvgIpc) is 2.27. The van der Waals surface area contributed by atoms with Gasteiger partial charge in [-0.05, 0) is 31.0 Å². The maximum Gasteiger partial charge on any atom is 0.220 e. The molecule has 2 N–H and O–H groups in total. The van der Waals surface area contributed by atoms with Crippen LogP contribution in [0.4, 0.5) is 4.39 Å². The molecule has 0 unspecified atom stereocenters. The fraction of sp³-hybridized carbons (Fsp3) is 0.417. The van der Waals surface area contributed by atoms with Gasteiger partial charge >= 0.3 is 0 Å². The standard InChI is InChI=1S/C12H16FNO2/c1-9(14-12(16)3-2-8-15)10-4-6-11(13)7-5-10/h4-7,9,15H,2-3,8H2,1H3,(H,14,16)/t9-/m0/s1. The zero-order chi connectivity index (χ0) is 12.0. The minimum absolute atomic E-state index is 0.0123. The first-order chi connectivity index (χ1) is 7.63. The van der Waals surface area contributed by atoms with Crippen molar-refractivity contribution in [2.45, 2.75) is 25.8 Å². The highest BCUT2D eigenvalue weighted by atomic mass is 19.1. The molecule has 1 aromatic carbocycles. The molecule has 0 fully saturated rings. The predicted molar refractivity (Wildman–Crippen MR) is 59.3 cm³/mol. The number of halogens is 1. The van der Waals surface area contributed by atoms with Crippen molar-refractivity contribution in [2.24, 2.45) is 0 Å². The first-order valence-corrected chi connectivity index (χ1v) is 5.29. The molecule has 0 bridgehead atoms. The SMILES string of the molecule is C[C@H](NC(=O)CCCO)c1ccc(F)cc1.